The fraction of sp³-hybridized carbons (Fsp3) is 0.412. The highest BCUT2D eigenvalue weighted by atomic mass is 35.5. The number of benzene rings is 1. The van der Waals surface area contributed by atoms with Crippen LogP contribution in [-0.2, 0) is 11.3 Å². The molecule has 1 aliphatic heterocycles. The van der Waals surface area contributed by atoms with Crippen molar-refractivity contribution in [2.75, 3.05) is 38.2 Å². The number of rotatable bonds is 14. The van der Waals surface area contributed by atoms with Crippen LogP contribution in [0.3, 0.4) is 0 Å². The summed E-state index contributed by atoms with van der Waals surface area (Å²) in [4.78, 5) is 19.9. The summed E-state index contributed by atoms with van der Waals surface area (Å²) in [5, 5.41) is 18.7. The number of morpholine rings is 1. The van der Waals surface area contributed by atoms with E-state index in [4.69, 9.17) is 36.3 Å². The summed E-state index contributed by atoms with van der Waals surface area (Å²) in [5.74, 6) is 1.46. The Labute approximate surface area is 285 Å². The molecule has 1 saturated heterocycles. The zero-order valence-electron chi connectivity index (χ0n) is 27.0. The highest BCUT2D eigenvalue weighted by molar-refractivity contribution is 6.32. The quantitative estimate of drug-likeness (QED) is 0.116. The number of nitrogens with zero attached hydrogens (tertiary/aromatic N) is 7. The monoisotopic (exact) mass is 672 g/mol. The molecule has 4 heterocycles. The Balaban J connectivity index is 1.14. The summed E-state index contributed by atoms with van der Waals surface area (Å²) in [6, 6.07) is 12.2. The van der Waals surface area contributed by atoms with Crippen molar-refractivity contribution in [3.63, 3.8) is 0 Å². The van der Waals surface area contributed by atoms with Crippen molar-refractivity contribution in [2.45, 2.75) is 57.4 Å². The normalized spacial score (nSPS) is 19.1. The van der Waals surface area contributed by atoms with Crippen molar-refractivity contribution in [1.82, 2.24) is 34.9 Å². The van der Waals surface area contributed by atoms with Gasteiger partial charge >= 0.3 is 0 Å². The highest BCUT2D eigenvalue weighted by Crippen LogP contribution is 2.35. The summed E-state index contributed by atoms with van der Waals surface area (Å²) in [6.07, 6.45) is 13.9. The molecular formula is C34H41ClN10O3. The van der Waals surface area contributed by atoms with Gasteiger partial charge < -0.3 is 24.8 Å². The number of hydrogen-bond acceptors (Lipinski definition) is 10. The van der Waals surface area contributed by atoms with Crippen LogP contribution in [0.2, 0.25) is 5.02 Å². The average molecular weight is 673 g/mol. The minimum atomic E-state index is -0.187. The first kappa shape index (κ1) is 33.3. The molecule has 1 atom stereocenters. The molecule has 0 bridgehead atoms. The molecular weight excluding hydrogens is 632 g/mol. The molecule has 2 aliphatic rings. The van der Waals surface area contributed by atoms with Crippen molar-refractivity contribution < 1.29 is 14.2 Å². The Morgan fingerprint density at radius 3 is 2.60 bits per heavy atom. The second-order valence-corrected chi connectivity index (χ2v) is 12.3. The van der Waals surface area contributed by atoms with Gasteiger partial charge in [0, 0.05) is 43.3 Å². The predicted octanol–water partition coefficient (Wildman–Crippen LogP) is 5.52. The number of aromatic nitrogens is 5. The van der Waals surface area contributed by atoms with E-state index in [1.165, 1.54) is 6.34 Å². The molecule has 2 fully saturated rings. The van der Waals surface area contributed by atoms with Crippen LogP contribution in [0.1, 0.15) is 44.3 Å². The van der Waals surface area contributed by atoms with Crippen LogP contribution < -0.4 is 20.1 Å². The topological polar surface area (TPSA) is 148 Å². The molecule has 0 amide bonds. The van der Waals surface area contributed by atoms with E-state index in [1.807, 2.05) is 48.1 Å². The maximum atomic E-state index is 6.96. The second-order valence-electron chi connectivity index (χ2n) is 11.9. The Hall–Kier alpha value is -4.59. The zero-order valence-corrected chi connectivity index (χ0v) is 27.7. The van der Waals surface area contributed by atoms with E-state index in [0.717, 1.165) is 75.1 Å². The average Bonchev–Trinajstić information content (AvgIpc) is 3.53. The molecule has 13 nitrogen and oxygen atoms in total. The van der Waals surface area contributed by atoms with Gasteiger partial charge in [0.25, 0.3) is 5.88 Å². The fourth-order valence-corrected chi connectivity index (χ4v) is 6.18. The predicted molar refractivity (Wildman–Crippen MR) is 186 cm³/mol. The van der Waals surface area contributed by atoms with Crippen LogP contribution in [0, 0.1) is 5.41 Å². The Morgan fingerprint density at radius 1 is 1.06 bits per heavy atom. The molecule has 252 valence electrons. The SMILES string of the molecule is C[C@@H](CN/C=N\C=N)Oc1cc(-c2cnc(Nc3cn([C@H]4CC[C@H](N5CCOCC5)CC4)nc3OCc3ccccn3)nc2)ccc1Cl. The summed E-state index contributed by atoms with van der Waals surface area (Å²) in [5.41, 5.74) is 3.19. The molecule has 1 aromatic carbocycles. The number of aliphatic imine (C=N–C) groups is 1. The smallest absolute Gasteiger partial charge is 0.257 e. The molecule has 0 unspecified atom stereocenters. The largest absolute Gasteiger partial charge is 0.487 e. The lowest BCUT2D eigenvalue weighted by molar-refractivity contribution is 0.00502. The summed E-state index contributed by atoms with van der Waals surface area (Å²) in [6.45, 7) is 6.40. The van der Waals surface area contributed by atoms with Crippen LogP contribution in [0.25, 0.3) is 11.1 Å². The van der Waals surface area contributed by atoms with Crippen molar-refractivity contribution in [1.29, 1.82) is 5.41 Å². The van der Waals surface area contributed by atoms with Gasteiger partial charge in [-0.15, -0.1) is 5.10 Å². The first-order valence-electron chi connectivity index (χ1n) is 16.3. The number of nitrogens with one attached hydrogen (secondary N) is 3. The van der Waals surface area contributed by atoms with Crippen LogP contribution in [0.15, 0.2) is 66.2 Å². The minimum absolute atomic E-state index is 0.187. The van der Waals surface area contributed by atoms with Gasteiger partial charge in [-0.2, -0.15) is 0 Å². The van der Waals surface area contributed by atoms with Crippen molar-refractivity contribution >= 4 is 35.9 Å². The molecule has 0 radical (unpaired) electrons. The van der Waals surface area contributed by atoms with Crippen molar-refractivity contribution in [2.24, 2.45) is 4.99 Å². The van der Waals surface area contributed by atoms with E-state index in [-0.39, 0.29) is 12.1 Å². The number of pyridine rings is 1. The summed E-state index contributed by atoms with van der Waals surface area (Å²) < 4.78 is 19.8. The Kier molecular flexibility index (Phi) is 11.4. The standard InChI is InChI=1S/C34H41ClN10O3/c1-24(17-37-23-38-22-36)48-32-16-25(5-10-30(32)35)26-18-40-34(41-19-26)42-31-20-45(43-33(31)47-21-27-4-2-3-11-39-27)29-8-6-28(7-9-29)44-12-14-46-15-13-44/h2-5,10-11,16,18-20,22-24,28-29H,6-9,12-15,17,21H2,1H3,(H2,36,37,38)(H,40,41,42)/t24-,28-,29-/m0/s1. The lowest BCUT2D eigenvalue weighted by Crippen LogP contribution is -2.45. The number of anilines is 2. The molecule has 3 aromatic heterocycles. The van der Waals surface area contributed by atoms with Crippen LogP contribution in [0.5, 0.6) is 11.6 Å². The lowest BCUT2D eigenvalue weighted by atomic mass is 9.90. The van der Waals surface area contributed by atoms with Crippen molar-refractivity contribution in [3.05, 3.63) is 71.9 Å². The molecule has 48 heavy (non-hydrogen) atoms. The van der Waals surface area contributed by atoms with Crippen LogP contribution >= 0.6 is 11.6 Å². The van der Waals surface area contributed by atoms with Gasteiger partial charge in [-0.25, -0.2) is 15.0 Å². The third-order valence-electron chi connectivity index (χ3n) is 8.52. The van der Waals surface area contributed by atoms with E-state index in [9.17, 15) is 0 Å². The van der Waals surface area contributed by atoms with E-state index in [0.29, 0.717) is 47.5 Å². The minimum Gasteiger partial charge on any atom is -0.487 e. The van der Waals surface area contributed by atoms with E-state index < -0.39 is 0 Å². The third kappa shape index (κ3) is 8.85. The van der Waals surface area contributed by atoms with E-state index >= 15 is 0 Å². The molecule has 0 spiro atoms. The fourth-order valence-electron chi connectivity index (χ4n) is 6.01. The number of halogens is 1. The van der Waals surface area contributed by atoms with Crippen LogP contribution in [0.4, 0.5) is 11.6 Å². The van der Waals surface area contributed by atoms with Gasteiger partial charge in [0.2, 0.25) is 5.95 Å². The van der Waals surface area contributed by atoms with Gasteiger partial charge in [0.05, 0.1) is 49.1 Å². The molecule has 6 rings (SSSR count). The molecule has 1 aliphatic carbocycles. The maximum absolute atomic E-state index is 6.96. The van der Waals surface area contributed by atoms with Crippen molar-refractivity contribution in [3.8, 4) is 22.8 Å². The first-order chi connectivity index (χ1) is 23.6. The first-order valence-corrected chi connectivity index (χ1v) is 16.7. The number of hydrogen-bond donors (Lipinski definition) is 3. The zero-order chi connectivity index (χ0) is 33.1. The third-order valence-corrected chi connectivity index (χ3v) is 8.83. The molecule has 14 heteroatoms. The van der Waals surface area contributed by atoms with E-state index in [2.05, 4.69) is 35.5 Å². The Morgan fingerprint density at radius 2 is 1.85 bits per heavy atom. The highest BCUT2D eigenvalue weighted by Gasteiger charge is 2.29. The van der Waals surface area contributed by atoms with E-state index in [1.54, 1.807) is 24.7 Å². The molecule has 4 aromatic rings. The maximum Gasteiger partial charge on any atom is 0.257 e. The Bertz CT molecular complexity index is 1640. The molecule has 1 saturated carbocycles. The van der Waals surface area contributed by atoms with Gasteiger partial charge in [-0.1, -0.05) is 23.7 Å². The van der Waals surface area contributed by atoms with Crippen LogP contribution in [-0.4, -0.2) is 87.3 Å². The van der Waals surface area contributed by atoms with Gasteiger partial charge in [-0.3, -0.25) is 20.0 Å². The van der Waals surface area contributed by atoms with Gasteiger partial charge in [0.1, 0.15) is 30.5 Å². The molecule has 3 N–H and O–H groups in total. The van der Waals surface area contributed by atoms with Gasteiger partial charge in [0.15, 0.2) is 0 Å². The number of ether oxygens (including phenoxy) is 3. The lowest BCUT2D eigenvalue weighted by Gasteiger charge is -2.38. The summed E-state index contributed by atoms with van der Waals surface area (Å²) in [7, 11) is 0. The second kappa shape index (κ2) is 16.5. The summed E-state index contributed by atoms with van der Waals surface area (Å²) >= 11 is 6.43. The van der Waals surface area contributed by atoms with Gasteiger partial charge in [-0.05, 0) is 62.4 Å².